The molecule has 0 radical (unpaired) electrons. The summed E-state index contributed by atoms with van der Waals surface area (Å²) in [6.07, 6.45) is 6.02. The molecule has 0 aliphatic heterocycles. The molecule has 1 aromatic heterocycles. The lowest BCUT2D eigenvalue weighted by atomic mass is 10.2. The third kappa shape index (κ3) is 3.71. The predicted molar refractivity (Wildman–Crippen MR) is 103 cm³/mol. The van der Waals surface area contributed by atoms with E-state index in [1.54, 1.807) is 13.0 Å². The van der Waals surface area contributed by atoms with Gasteiger partial charge in [-0.1, -0.05) is 30.4 Å². The summed E-state index contributed by atoms with van der Waals surface area (Å²) in [6, 6.07) is 7.27. The highest BCUT2D eigenvalue weighted by molar-refractivity contribution is 7.97. The van der Waals surface area contributed by atoms with Gasteiger partial charge in [0, 0.05) is 5.75 Å². The van der Waals surface area contributed by atoms with Crippen molar-refractivity contribution in [2.75, 3.05) is 5.75 Å². The number of carbonyl (C=O) groups is 1. The van der Waals surface area contributed by atoms with Crippen LogP contribution in [0.1, 0.15) is 6.92 Å². The number of para-hydroxylation sites is 1. The largest absolute Gasteiger partial charge is 0.313 e. The molecule has 1 aliphatic rings. The van der Waals surface area contributed by atoms with Crippen LogP contribution in [0.25, 0.3) is 10.2 Å². The lowest BCUT2D eigenvalue weighted by Gasteiger charge is -2.07. The predicted octanol–water partition coefficient (Wildman–Crippen LogP) is 2.11. The first-order valence-electron chi connectivity index (χ1n) is 7.58. The molecule has 1 heterocycles. The smallest absolute Gasteiger partial charge is 0.308 e. The zero-order valence-corrected chi connectivity index (χ0v) is 15.0. The third-order valence-corrected chi connectivity index (χ3v) is 6.47. The van der Waals surface area contributed by atoms with Crippen LogP contribution in [0.4, 0.5) is 0 Å². The lowest BCUT2D eigenvalue weighted by Crippen LogP contribution is -2.19. The minimum absolute atomic E-state index is 0.122. The Bertz CT molecular complexity index is 1090. The van der Waals surface area contributed by atoms with Gasteiger partial charge in [0.05, 0.1) is 30.6 Å². The van der Waals surface area contributed by atoms with Crippen LogP contribution in [0, 0.1) is 0 Å². The molecule has 8 heteroatoms. The molecule has 1 aliphatic carbocycles. The number of carbonyl (C=O) groups excluding carboxylic acids is 1. The normalized spacial score (nSPS) is 16.2. The molecule has 25 heavy (non-hydrogen) atoms. The second-order valence-corrected chi connectivity index (χ2v) is 8.67. The number of fused-ring (bicyclic) bond motifs is 1. The van der Waals surface area contributed by atoms with Crippen LogP contribution in [0.15, 0.2) is 58.4 Å². The molecule has 1 unspecified atom stereocenters. The van der Waals surface area contributed by atoms with E-state index < -0.39 is 15.7 Å². The fraction of sp³-hybridized carbons (Fsp3) is 0.176. The average Bonchev–Trinajstić information content (AvgIpc) is 2.91. The quantitative estimate of drug-likeness (QED) is 0.831. The summed E-state index contributed by atoms with van der Waals surface area (Å²) < 4.78 is 23.9. The van der Waals surface area contributed by atoms with Gasteiger partial charge in [-0.25, -0.2) is 9.20 Å². The summed E-state index contributed by atoms with van der Waals surface area (Å²) in [5, 5.41) is 0. The molecule has 0 spiro atoms. The topological polar surface area (TPSA) is 88.7 Å². The average molecular weight is 376 g/mol. The molecule has 0 saturated carbocycles. The van der Waals surface area contributed by atoms with E-state index in [2.05, 4.69) is 4.99 Å². The monoisotopic (exact) mass is 376 g/mol. The maximum atomic E-state index is 12.2. The van der Waals surface area contributed by atoms with E-state index in [1.807, 2.05) is 18.2 Å². The fourth-order valence-electron chi connectivity index (χ4n) is 2.38. The van der Waals surface area contributed by atoms with Gasteiger partial charge in [-0.3, -0.25) is 14.2 Å². The van der Waals surface area contributed by atoms with E-state index in [-0.39, 0.29) is 17.2 Å². The molecule has 0 fully saturated rings. The molecular weight excluding hydrogens is 360 g/mol. The van der Waals surface area contributed by atoms with Gasteiger partial charge in [-0.2, -0.15) is 0 Å². The van der Waals surface area contributed by atoms with Crippen LogP contribution < -0.4 is 4.87 Å². The highest BCUT2D eigenvalue weighted by Gasteiger charge is 2.12. The first-order valence-corrected chi connectivity index (χ1v) is 10.1. The van der Waals surface area contributed by atoms with E-state index in [0.29, 0.717) is 16.1 Å². The molecule has 2 aromatic rings. The van der Waals surface area contributed by atoms with Crippen LogP contribution in [0.5, 0.6) is 0 Å². The Kier molecular flexibility index (Phi) is 4.85. The number of aromatic nitrogens is 1. The zero-order chi connectivity index (χ0) is 18.0. The molecule has 1 N–H and O–H groups in total. The van der Waals surface area contributed by atoms with E-state index in [9.17, 15) is 18.4 Å². The molecule has 0 saturated heterocycles. The summed E-state index contributed by atoms with van der Waals surface area (Å²) in [5.74, 6) is -0.338. The standard InChI is InChI=1S/C17H16N2O4S2/c1-2-25(22,23)13-9-7-12(8-10-13)18-16(20)11-19-14-5-3-4-6-15(14)24-17(19)21/h3-10H,2,11H2,1H3,(H,22,23). The second kappa shape index (κ2) is 6.91. The van der Waals surface area contributed by atoms with Crippen LogP contribution in [0.2, 0.25) is 0 Å². The van der Waals surface area contributed by atoms with Gasteiger partial charge in [0.2, 0.25) is 0 Å². The summed E-state index contributed by atoms with van der Waals surface area (Å²) in [7, 11) is -3.04. The number of thiazole rings is 1. The summed E-state index contributed by atoms with van der Waals surface area (Å²) in [5.41, 5.74) is 1.09. The number of nitrogens with zero attached hydrogens (tertiary/aromatic N) is 2. The number of aliphatic imine (C=N–C) groups is 1. The number of hydrogen-bond donors (Lipinski definition) is 1. The van der Waals surface area contributed by atoms with Gasteiger partial charge in [0.25, 0.3) is 5.91 Å². The van der Waals surface area contributed by atoms with Gasteiger partial charge in [-0.15, -0.1) is 0 Å². The Morgan fingerprint density at radius 1 is 1.24 bits per heavy atom. The third-order valence-electron chi connectivity index (χ3n) is 3.72. The van der Waals surface area contributed by atoms with Gasteiger partial charge >= 0.3 is 4.87 Å². The van der Waals surface area contributed by atoms with Crippen LogP contribution in [0.3, 0.4) is 0 Å². The van der Waals surface area contributed by atoms with Crippen molar-refractivity contribution in [3.63, 3.8) is 0 Å². The zero-order valence-electron chi connectivity index (χ0n) is 13.4. The summed E-state index contributed by atoms with van der Waals surface area (Å²) in [6.45, 7) is 1.49. The Morgan fingerprint density at radius 3 is 2.60 bits per heavy atom. The maximum absolute atomic E-state index is 12.2. The minimum atomic E-state index is -3.04. The summed E-state index contributed by atoms with van der Waals surface area (Å²) >= 11 is 1.09. The van der Waals surface area contributed by atoms with Crippen LogP contribution in [-0.4, -0.2) is 35.6 Å². The van der Waals surface area contributed by atoms with Gasteiger partial charge in [0.15, 0.2) is 0 Å². The van der Waals surface area contributed by atoms with E-state index >= 15 is 0 Å². The van der Waals surface area contributed by atoms with Crippen LogP contribution in [-0.2, 0) is 21.1 Å². The van der Waals surface area contributed by atoms with Crippen molar-refractivity contribution < 1.29 is 13.6 Å². The van der Waals surface area contributed by atoms with Crippen molar-refractivity contribution in [2.24, 2.45) is 4.99 Å². The van der Waals surface area contributed by atoms with Crippen molar-refractivity contribution in [3.8, 4) is 0 Å². The maximum Gasteiger partial charge on any atom is 0.308 e. The van der Waals surface area contributed by atoms with Crippen molar-refractivity contribution in [3.05, 3.63) is 58.2 Å². The number of benzene rings is 1. The fourth-order valence-corrected chi connectivity index (χ4v) is 4.16. The van der Waals surface area contributed by atoms with Gasteiger partial charge in [0.1, 0.15) is 6.54 Å². The van der Waals surface area contributed by atoms with E-state index in [0.717, 1.165) is 16.0 Å². The number of hydrogen-bond acceptors (Lipinski definition) is 4. The molecule has 1 aromatic carbocycles. The van der Waals surface area contributed by atoms with Crippen LogP contribution >= 0.6 is 11.3 Å². The minimum Gasteiger partial charge on any atom is -0.313 e. The Balaban J connectivity index is 1.83. The van der Waals surface area contributed by atoms with Gasteiger partial charge < -0.3 is 4.55 Å². The molecule has 3 rings (SSSR count). The number of rotatable bonds is 3. The van der Waals surface area contributed by atoms with E-state index in [1.165, 1.54) is 28.9 Å². The molecular formula is C17H16N2O4S2. The number of allylic oxidation sites excluding steroid dienone is 4. The first kappa shape index (κ1) is 17.5. The van der Waals surface area contributed by atoms with Crippen molar-refractivity contribution in [1.82, 2.24) is 4.57 Å². The second-order valence-electron chi connectivity index (χ2n) is 5.35. The molecule has 130 valence electrons. The van der Waals surface area contributed by atoms with Crippen molar-refractivity contribution in [2.45, 2.75) is 13.5 Å². The lowest BCUT2D eigenvalue weighted by molar-refractivity contribution is -0.118. The number of amides is 1. The highest BCUT2D eigenvalue weighted by atomic mass is 32.2. The van der Waals surface area contributed by atoms with E-state index in [4.69, 9.17) is 0 Å². The Hall–Kier alpha value is -2.29. The molecule has 6 nitrogen and oxygen atoms in total. The summed E-state index contributed by atoms with van der Waals surface area (Å²) in [4.78, 5) is 28.3. The van der Waals surface area contributed by atoms with Crippen molar-refractivity contribution in [1.29, 1.82) is 0 Å². The SMILES string of the molecule is CCS(=O)(O)=C1C=CC(=NC(=O)Cn2c(=O)sc3ccccc32)C=C1. The molecule has 1 amide bonds. The van der Waals surface area contributed by atoms with Crippen molar-refractivity contribution >= 4 is 47.8 Å². The molecule has 1 atom stereocenters. The first-order chi connectivity index (χ1) is 11.9. The Morgan fingerprint density at radius 2 is 1.92 bits per heavy atom. The molecule has 0 bridgehead atoms. The Labute approximate surface area is 148 Å². The highest BCUT2D eigenvalue weighted by Crippen LogP contribution is 2.16. The van der Waals surface area contributed by atoms with Gasteiger partial charge in [-0.05, 0) is 36.4 Å².